The number of carbonyl (C=O) groups is 1. The van der Waals surface area contributed by atoms with Crippen molar-refractivity contribution in [3.63, 3.8) is 0 Å². The van der Waals surface area contributed by atoms with E-state index in [4.69, 9.17) is 5.73 Å². The first-order valence-electron chi connectivity index (χ1n) is 9.57. The quantitative estimate of drug-likeness (QED) is 0.409. The molecule has 7 heteroatoms. The number of rotatable bonds is 3. The number of amides is 2. The van der Waals surface area contributed by atoms with Crippen LogP contribution in [0.5, 0.6) is 0 Å². The predicted molar refractivity (Wildman–Crippen MR) is 125 cm³/mol. The highest BCUT2D eigenvalue weighted by molar-refractivity contribution is 7.18. The fourth-order valence-electron chi connectivity index (χ4n) is 3.28. The summed E-state index contributed by atoms with van der Waals surface area (Å²) < 4.78 is 1.06. The van der Waals surface area contributed by atoms with Crippen molar-refractivity contribution in [2.75, 3.05) is 11.1 Å². The average Bonchev–Trinajstić information content (AvgIpc) is 3.14. The van der Waals surface area contributed by atoms with Gasteiger partial charge in [0.1, 0.15) is 5.82 Å². The van der Waals surface area contributed by atoms with Crippen molar-refractivity contribution < 1.29 is 4.79 Å². The molecule has 0 atom stereocenters. The van der Waals surface area contributed by atoms with Crippen LogP contribution in [0.1, 0.15) is 20.8 Å². The Morgan fingerprint density at radius 2 is 1.87 bits per heavy atom. The van der Waals surface area contributed by atoms with Crippen molar-refractivity contribution in [2.45, 2.75) is 26.3 Å². The van der Waals surface area contributed by atoms with Crippen molar-refractivity contribution in [3.05, 3.63) is 60.4 Å². The molecule has 0 bridgehead atoms. The normalized spacial score (nSPS) is 11.4. The third-order valence-corrected chi connectivity index (χ3v) is 5.53. The third-order valence-electron chi connectivity index (χ3n) is 4.52. The van der Waals surface area contributed by atoms with E-state index in [-0.39, 0.29) is 11.6 Å². The number of nitrogens with one attached hydrogen (secondary N) is 2. The van der Waals surface area contributed by atoms with Gasteiger partial charge < -0.3 is 16.4 Å². The Hall–Kier alpha value is -3.45. The van der Waals surface area contributed by atoms with Gasteiger partial charge in [0.25, 0.3) is 0 Å². The van der Waals surface area contributed by atoms with Gasteiger partial charge in [-0.15, -0.1) is 11.3 Å². The molecule has 2 amide bonds. The molecule has 1 aromatic carbocycles. The Kier molecular flexibility index (Phi) is 5.13. The van der Waals surface area contributed by atoms with Gasteiger partial charge in [0.2, 0.25) is 0 Å². The fraction of sp³-hybridized carbons (Fsp3) is 0.174. The number of pyridine rings is 2. The summed E-state index contributed by atoms with van der Waals surface area (Å²) in [7, 11) is 0. The Bertz CT molecular complexity index is 1210. The second kappa shape index (κ2) is 7.76. The number of anilines is 2. The van der Waals surface area contributed by atoms with Crippen LogP contribution in [-0.4, -0.2) is 21.5 Å². The highest BCUT2D eigenvalue weighted by Gasteiger charge is 2.17. The Morgan fingerprint density at radius 1 is 1.07 bits per heavy atom. The van der Waals surface area contributed by atoms with Gasteiger partial charge in [-0.1, -0.05) is 18.2 Å². The number of benzene rings is 1. The largest absolute Gasteiger partial charge is 0.383 e. The SMILES string of the molecule is CC(C)(C)NC(=O)Nc1cccc(-c2csc3c(-c4cccnc4)cnc(N)c23)c1. The first-order chi connectivity index (χ1) is 14.3. The monoisotopic (exact) mass is 417 g/mol. The molecule has 6 nitrogen and oxygen atoms in total. The van der Waals surface area contributed by atoms with Crippen molar-refractivity contribution in [2.24, 2.45) is 0 Å². The smallest absolute Gasteiger partial charge is 0.319 e. The van der Waals surface area contributed by atoms with E-state index in [1.807, 2.05) is 63.4 Å². The maximum Gasteiger partial charge on any atom is 0.319 e. The second-order valence-corrected chi connectivity index (χ2v) is 8.94. The molecule has 0 saturated heterocycles. The van der Waals surface area contributed by atoms with E-state index in [9.17, 15) is 4.79 Å². The van der Waals surface area contributed by atoms with Crippen LogP contribution in [0.2, 0.25) is 0 Å². The van der Waals surface area contributed by atoms with Crippen LogP contribution >= 0.6 is 11.3 Å². The number of urea groups is 1. The zero-order valence-electron chi connectivity index (χ0n) is 17.1. The number of aromatic nitrogens is 2. The number of nitrogens with zero attached hydrogens (tertiary/aromatic N) is 2. The number of nitrogen functional groups attached to an aromatic ring is 1. The lowest BCUT2D eigenvalue weighted by molar-refractivity contribution is 0.244. The average molecular weight is 418 g/mol. The minimum absolute atomic E-state index is 0.241. The highest BCUT2D eigenvalue weighted by atomic mass is 32.1. The summed E-state index contributed by atoms with van der Waals surface area (Å²) in [5.74, 6) is 0.484. The van der Waals surface area contributed by atoms with Crippen LogP contribution in [0.3, 0.4) is 0 Å². The molecule has 0 saturated carbocycles. The molecule has 0 spiro atoms. The number of nitrogens with two attached hydrogens (primary N) is 1. The van der Waals surface area contributed by atoms with Gasteiger partial charge in [0.05, 0.1) is 0 Å². The van der Waals surface area contributed by atoms with E-state index in [2.05, 4.69) is 26.0 Å². The Balaban J connectivity index is 1.73. The molecule has 3 heterocycles. The van der Waals surface area contributed by atoms with Gasteiger partial charge in [-0.2, -0.15) is 0 Å². The van der Waals surface area contributed by atoms with Crippen molar-refractivity contribution in [3.8, 4) is 22.3 Å². The number of carbonyl (C=O) groups excluding carboxylic acids is 1. The maximum atomic E-state index is 12.2. The molecule has 0 aliphatic carbocycles. The number of hydrogen-bond acceptors (Lipinski definition) is 5. The molecule has 0 aliphatic rings. The Labute approximate surface area is 179 Å². The highest BCUT2D eigenvalue weighted by Crippen LogP contribution is 2.41. The number of fused-ring (bicyclic) bond motifs is 1. The first-order valence-corrected chi connectivity index (χ1v) is 10.5. The summed E-state index contributed by atoms with van der Waals surface area (Å²) in [5, 5.41) is 8.80. The molecule has 152 valence electrons. The predicted octanol–water partition coefficient (Wildman–Crippen LogP) is 5.53. The summed E-state index contributed by atoms with van der Waals surface area (Å²) >= 11 is 1.62. The van der Waals surface area contributed by atoms with Crippen molar-refractivity contribution in [1.82, 2.24) is 15.3 Å². The van der Waals surface area contributed by atoms with E-state index >= 15 is 0 Å². The van der Waals surface area contributed by atoms with Gasteiger partial charge >= 0.3 is 6.03 Å². The second-order valence-electron chi connectivity index (χ2n) is 8.06. The lowest BCUT2D eigenvalue weighted by atomic mass is 10.0. The van der Waals surface area contributed by atoms with E-state index < -0.39 is 0 Å². The molecule has 3 aromatic heterocycles. The van der Waals surface area contributed by atoms with Crippen LogP contribution in [0.4, 0.5) is 16.3 Å². The molecular weight excluding hydrogens is 394 g/mol. The molecule has 4 N–H and O–H groups in total. The van der Waals surface area contributed by atoms with E-state index in [0.29, 0.717) is 11.5 Å². The number of thiophene rings is 1. The molecule has 0 unspecified atom stereocenters. The third kappa shape index (κ3) is 4.11. The lowest BCUT2D eigenvalue weighted by Gasteiger charge is -2.20. The first kappa shape index (κ1) is 19.8. The van der Waals surface area contributed by atoms with Crippen molar-refractivity contribution >= 4 is 39.0 Å². The van der Waals surface area contributed by atoms with Gasteiger partial charge in [-0.05, 0) is 49.9 Å². The van der Waals surface area contributed by atoms with E-state index in [1.165, 1.54) is 0 Å². The summed E-state index contributed by atoms with van der Waals surface area (Å²) in [6.45, 7) is 5.82. The zero-order chi connectivity index (χ0) is 21.3. The van der Waals surface area contributed by atoms with Crippen molar-refractivity contribution in [1.29, 1.82) is 0 Å². The van der Waals surface area contributed by atoms with Crippen LogP contribution in [0.15, 0.2) is 60.4 Å². The summed E-state index contributed by atoms with van der Waals surface area (Å²) in [6, 6.07) is 11.4. The molecule has 4 aromatic rings. The maximum absolute atomic E-state index is 12.2. The summed E-state index contributed by atoms with van der Waals surface area (Å²) in [6.07, 6.45) is 5.37. The molecule has 4 rings (SSSR count). The van der Waals surface area contributed by atoms with Crippen LogP contribution in [0, 0.1) is 0 Å². The van der Waals surface area contributed by atoms with Crippen LogP contribution in [-0.2, 0) is 0 Å². The molecule has 0 aliphatic heterocycles. The van der Waals surface area contributed by atoms with Gasteiger partial charge in [-0.3, -0.25) is 4.98 Å². The van der Waals surface area contributed by atoms with Crippen LogP contribution in [0.25, 0.3) is 32.3 Å². The Morgan fingerprint density at radius 3 is 2.60 bits per heavy atom. The summed E-state index contributed by atoms with van der Waals surface area (Å²) in [5.41, 5.74) is 10.6. The topological polar surface area (TPSA) is 92.9 Å². The molecule has 0 fully saturated rings. The summed E-state index contributed by atoms with van der Waals surface area (Å²) in [4.78, 5) is 20.9. The molecular formula is C23H23N5OS. The van der Waals surface area contributed by atoms with Gasteiger partial charge in [-0.25, -0.2) is 9.78 Å². The lowest BCUT2D eigenvalue weighted by Crippen LogP contribution is -2.43. The zero-order valence-corrected chi connectivity index (χ0v) is 17.9. The van der Waals surface area contributed by atoms with Gasteiger partial charge in [0.15, 0.2) is 0 Å². The van der Waals surface area contributed by atoms with Crippen LogP contribution < -0.4 is 16.4 Å². The fourth-order valence-corrected chi connectivity index (χ4v) is 4.39. The van der Waals surface area contributed by atoms with Gasteiger partial charge in [0, 0.05) is 56.6 Å². The minimum Gasteiger partial charge on any atom is -0.383 e. The molecule has 0 radical (unpaired) electrons. The minimum atomic E-state index is -0.311. The molecule has 30 heavy (non-hydrogen) atoms. The number of hydrogen-bond donors (Lipinski definition) is 3. The van der Waals surface area contributed by atoms with E-state index in [0.717, 1.165) is 32.3 Å². The standard InChI is InChI=1S/C23H23N5OS/c1-23(2,3)28-22(29)27-16-8-4-6-14(10-16)18-13-30-20-17(12-26-21(24)19(18)20)15-7-5-9-25-11-15/h4-13H,1-3H3,(H2,24,26)(H2,27,28,29). The van der Waals surface area contributed by atoms with E-state index in [1.54, 1.807) is 23.7 Å².